The zero-order valence-electron chi connectivity index (χ0n) is 17.9. The summed E-state index contributed by atoms with van der Waals surface area (Å²) >= 11 is 2.93. The highest BCUT2D eigenvalue weighted by Crippen LogP contribution is 2.35. The maximum absolute atomic E-state index is 13.2. The summed E-state index contributed by atoms with van der Waals surface area (Å²) in [6, 6.07) is 5.40. The minimum Gasteiger partial charge on any atom is -0.490 e. The van der Waals surface area contributed by atoms with Gasteiger partial charge in [-0.05, 0) is 50.3 Å². The number of nitrogens with zero attached hydrogens (tertiary/aromatic N) is 2. The Hall–Kier alpha value is -2.52. The first-order valence-corrected chi connectivity index (χ1v) is 12.8. The first-order chi connectivity index (χ1) is 15.6. The molecule has 0 fully saturated rings. The summed E-state index contributed by atoms with van der Waals surface area (Å²) in [5.74, 6) is 1.34. The van der Waals surface area contributed by atoms with E-state index in [1.807, 2.05) is 13.0 Å². The minimum atomic E-state index is -0.160. The number of thioether (sulfide) groups is 1. The molecule has 1 aliphatic carbocycles. The highest BCUT2D eigenvalue weighted by Gasteiger charge is 2.22. The fourth-order valence-electron chi connectivity index (χ4n) is 4.18. The van der Waals surface area contributed by atoms with Gasteiger partial charge in [-0.15, -0.1) is 11.3 Å². The Kier molecular flexibility index (Phi) is 6.10. The molecule has 0 atom stereocenters. The van der Waals surface area contributed by atoms with Crippen LogP contribution in [0.5, 0.6) is 11.5 Å². The predicted octanol–water partition coefficient (Wildman–Crippen LogP) is 4.25. The SMILES string of the molecule is CCn1c(SCC(=O)Nc2ccc3c(c2)OCCCO3)nc2sc3c(c2c1=O)CCCC3. The van der Waals surface area contributed by atoms with Crippen LogP contribution in [0.15, 0.2) is 28.2 Å². The van der Waals surface area contributed by atoms with Crippen LogP contribution < -0.4 is 20.3 Å². The third-order valence-electron chi connectivity index (χ3n) is 5.72. The van der Waals surface area contributed by atoms with Crippen LogP contribution in [0.4, 0.5) is 5.69 Å². The molecule has 0 bridgehead atoms. The smallest absolute Gasteiger partial charge is 0.263 e. The number of ether oxygens (including phenoxy) is 2. The Labute approximate surface area is 194 Å². The van der Waals surface area contributed by atoms with E-state index < -0.39 is 0 Å². The monoisotopic (exact) mass is 471 g/mol. The number of nitrogens with one attached hydrogen (secondary N) is 1. The summed E-state index contributed by atoms with van der Waals surface area (Å²) in [6.07, 6.45) is 5.11. The number of rotatable bonds is 5. The zero-order valence-corrected chi connectivity index (χ0v) is 19.6. The molecule has 2 aliphatic rings. The molecule has 168 valence electrons. The van der Waals surface area contributed by atoms with Crippen LogP contribution in [0.25, 0.3) is 10.2 Å². The van der Waals surface area contributed by atoms with Gasteiger partial charge in [-0.2, -0.15) is 0 Å². The van der Waals surface area contributed by atoms with E-state index in [1.54, 1.807) is 28.0 Å². The maximum Gasteiger partial charge on any atom is 0.263 e. The lowest BCUT2D eigenvalue weighted by atomic mass is 9.97. The molecular formula is C23H25N3O4S2. The van der Waals surface area contributed by atoms with Crippen molar-refractivity contribution < 1.29 is 14.3 Å². The molecule has 0 saturated carbocycles. The van der Waals surface area contributed by atoms with Gasteiger partial charge in [0, 0.05) is 29.6 Å². The largest absolute Gasteiger partial charge is 0.490 e. The molecule has 3 aromatic rings. The first-order valence-electron chi connectivity index (χ1n) is 11.0. The van der Waals surface area contributed by atoms with Crippen LogP contribution in [-0.2, 0) is 24.2 Å². The molecule has 5 rings (SSSR count). The summed E-state index contributed by atoms with van der Waals surface area (Å²) in [4.78, 5) is 32.7. The van der Waals surface area contributed by atoms with Crippen molar-refractivity contribution in [2.75, 3.05) is 24.3 Å². The Balaban J connectivity index is 1.33. The van der Waals surface area contributed by atoms with Crippen LogP contribution in [0, 0.1) is 0 Å². The number of anilines is 1. The van der Waals surface area contributed by atoms with Gasteiger partial charge < -0.3 is 14.8 Å². The molecule has 3 heterocycles. The van der Waals surface area contributed by atoms with Crippen molar-refractivity contribution in [3.05, 3.63) is 39.0 Å². The molecule has 2 aromatic heterocycles. The van der Waals surface area contributed by atoms with E-state index in [1.165, 1.54) is 28.6 Å². The second kappa shape index (κ2) is 9.15. The predicted molar refractivity (Wildman–Crippen MR) is 128 cm³/mol. The van der Waals surface area contributed by atoms with Crippen LogP contribution in [0.1, 0.15) is 36.6 Å². The Morgan fingerprint density at radius 3 is 2.84 bits per heavy atom. The van der Waals surface area contributed by atoms with Crippen LogP contribution in [0.2, 0.25) is 0 Å². The summed E-state index contributed by atoms with van der Waals surface area (Å²) < 4.78 is 13.0. The van der Waals surface area contributed by atoms with Gasteiger partial charge in [0.05, 0.1) is 24.4 Å². The number of amides is 1. The molecule has 0 saturated heterocycles. The van der Waals surface area contributed by atoms with E-state index in [0.717, 1.165) is 35.9 Å². The van der Waals surface area contributed by atoms with Gasteiger partial charge in [0.15, 0.2) is 16.7 Å². The van der Waals surface area contributed by atoms with Gasteiger partial charge >= 0.3 is 0 Å². The molecular weight excluding hydrogens is 446 g/mol. The molecule has 32 heavy (non-hydrogen) atoms. The number of benzene rings is 1. The van der Waals surface area contributed by atoms with Crippen molar-refractivity contribution in [2.45, 2.75) is 50.7 Å². The number of aryl methyl sites for hydroxylation is 2. The van der Waals surface area contributed by atoms with Crippen LogP contribution in [-0.4, -0.2) is 34.4 Å². The highest BCUT2D eigenvalue weighted by molar-refractivity contribution is 7.99. The van der Waals surface area contributed by atoms with Crippen molar-refractivity contribution >= 4 is 44.9 Å². The quantitative estimate of drug-likeness (QED) is 0.443. The molecule has 0 unspecified atom stereocenters. The standard InChI is InChI=1S/C23H25N3O4S2/c1-2-26-22(28)20-15-6-3-4-7-18(15)32-21(20)25-23(26)31-13-19(27)24-14-8-9-16-17(12-14)30-11-5-10-29-16/h8-9,12H,2-7,10-11,13H2,1H3,(H,24,27). The molecule has 1 aliphatic heterocycles. The topological polar surface area (TPSA) is 82.5 Å². The van der Waals surface area contributed by atoms with E-state index in [-0.39, 0.29) is 17.2 Å². The molecule has 1 N–H and O–H groups in total. The molecule has 1 aromatic carbocycles. The number of hydrogen-bond acceptors (Lipinski definition) is 7. The fraction of sp³-hybridized carbons (Fsp3) is 0.435. The maximum atomic E-state index is 13.2. The lowest BCUT2D eigenvalue weighted by Gasteiger charge is -2.12. The number of aromatic nitrogens is 2. The summed E-state index contributed by atoms with van der Waals surface area (Å²) in [7, 11) is 0. The second-order valence-electron chi connectivity index (χ2n) is 7.88. The number of fused-ring (bicyclic) bond motifs is 4. The van der Waals surface area contributed by atoms with Crippen molar-refractivity contribution in [1.29, 1.82) is 0 Å². The van der Waals surface area contributed by atoms with Gasteiger partial charge in [-0.3, -0.25) is 14.2 Å². The average molecular weight is 472 g/mol. The Morgan fingerprint density at radius 1 is 1.19 bits per heavy atom. The van der Waals surface area contributed by atoms with Crippen LogP contribution >= 0.6 is 23.1 Å². The van der Waals surface area contributed by atoms with E-state index in [9.17, 15) is 9.59 Å². The van der Waals surface area contributed by atoms with E-state index in [2.05, 4.69) is 5.32 Å². The Morgan fingerprint density at radius 2 is 2.00 bits per heavy atom. The number of carbonyl (C=O) groups is 1. The fourth-order valence-corrected chi connectivity index (χ4v) is 6.34. The molecule has 9 heteroatoms. The summed E-state index contributed by atoms with van der Waals surface area (Å²) in [5, 5.41) is 4.28. The second-order valence-corrected chi connectivity index (χ2v) is 9.91. The zero-order chi connectivity index (χ0) is 22.1. The molecule has 7 nitrogen and oxygen atoms in total. The molecule has 0 spiro atoms. The third-order valence-corrected chi connectivity index (χ3v) is 7.88. The third kappa shape index (κ3) is 4.11. The van der Waals surface area contributed by atoms with E-state index in [4.69, 9.17) is 14.5 Å². The normalized spacial score (nSPS) is 15.3. The van der Waals surface area contributed by atoms with Crippen molar-refractivity contribution in [3.63, 3.8) is 0 Å². The van der Waals surface area contributed by atoms with E-state index in [0.29, 0.717) is 42.1 Å². The van der Waals surface area contributed by atoms with Crippen molar-refractivity contribution in [2.24, 2.45) is 0 Å². The molecule has 1 amide bonds. The lowest BCUT2D eigenvalue weighted by Crippen LogP contribution is -2.24. The van der Waals surface area contributed by atoms with Gasteiger partial charge in [0.1, 0.15) is 4.83 Å². The highest BCUT2D eigenvalue weighted by atomic mass is 32.2. The number of thiophene rings is 1. The first kappa shape index (κ1) is 21.3. The van der Waals surface area contributed by atoms with Crippen molar-refractivity contribution in [3.8, 4) is 11.5 Å². The number of carbonyl (C=O) groups excluding carboxylic acids is 1. The van der Waals surface area contributed by atoms with Gasteiger partial charge in [0.2, 0.25) is 5.91 Å². The minimum absolute atomic E-state index is 0.0164. The average Bonchev–Trinajstić information content (AvgIpc) is 3.00. The van der Waals surface area contributed by atoms with E-state index >= 15 is 0 Å². The number of hydrogen-bond donors (Lipinski definition) is 1. The summed E-state index contributed by atoms with van der Waals surface area (Å²) in [5.41, 5.74) is 1.87. The summed E-state index contributed by atoms with van der Waals surface area (Å²) in [6.45, 7) is 3.68. The Bertz CT molecular complexity index is 1230. The van der Waals surface area contributed by atoms with Gasteiger partial charge in [-0.1, -0.05) is 11.8 Å². The van der Waals surface area contributed by atoms with Gasteiger partial charge in [-0.25, -0.2) is 4.98 Å². The molecule has 0 radical (unpaired) electrons. The van der Waals surface area contributed by atoms with Crippen molar-refractivity contribution in [1.82, 2.24) is 9.55 Å². The van der Waals surface area contributed by atoms with Crippen LogP contribution in [0.3, 0.4) is 0 Å². The van der Waals surface area contributed by atoms with Gasteiger partial charge in [0.25, 0.3) is 5.56 Å². The lowest BCUT2D eigenvalue weighted by molar-refractivity contribution is -0.113.